The second-order valence-corrected chi connectivity index (χ2v) is 4.51. The van der Waals surface area contributed by atoms with Crippen molar-refractivity contribution in [2.75, 3.05) is 20.3 Å². The Balaban J connectivity index is 1.97. The van der Waals surface area contributed by atoms with Gasteiger partial charge in [0.05, 0.1) is 25.1 Å². The van der Waals surface area contributed by atoms with Crippen molar-refractivity contribution in [3.8, 4) is 22.8 Å². The number of H-pyrrole nitrogens is 1. The smallest absolute Gasteiger partial charge is 0.161 e. The first-order valence-corrected chi connectivity index (χ1v) is 6.45. The van der Waals surface area contributed by atoms with Crippen molar-refractivity contribution in [3.63, 3.8) is 0 Å². The molecule has 0 saturated heterocycles. The van der Waals surface area contributed by atoms with Crippen LogP contribution in [0.3, 0.4) is 0 Å². The molecule has 0 radical (unpaired) electrons. The van der Waals surface area contributed by atoms with E-state index >= 15 is 0 Å². The van der Waals surface area contributed by atoms with Crippen LogP contribution in [0.2, 0.25) is 0 Å². The average Bonchev–Trinajstić information content (AvgIpc) is 2.76. The predicted octanol–water partition coefficient (Wildman–Crippen LogP) is 1.96. The first-order valence-electron chi connectivity index (χ1n) is 6.45. The number of rotatable bonds is 3. The number of aromatic nitrogens is 2. The maximum atomic E-state index is 5.71. The maximum absolute atomic E-state index is 5.71. The molecule has 1 aromatic heterocycles. The first kappa shape index (κ1) is 12.0. The van der Waals surface area contributed by atoms with Crippen molar-refractivity contribution >= 4 is 0 Å². The number of ether oxygens (including phenoxy) is 2. The summed E-state index contributed by atoms with van der Waals surface area (Å²) in [6, 6.07) is 5.99. The summed E-state index contributed by atoms with van der Waals surface area (Å²) >= 11 is 0. The highest BCUT2D eigenvalue weighted by molar-refractivity contribution is 5.66. The molecule has 0 unspecified atom stereocenters. The number of nitrogens with zero attached hydrogens (tertiary/aromatic N) is 1. The second kappa shape index (κ2) is 5.32. The molecule has 100 valence electrons. The zero-order valence-corrected chi connectivity index (χ0v) is 10.9. The number of hydrogen-bond donors (Lipinski definition) is 2. The summed E-state index contributed by atoms with van der Waals surface area (Å²) in [6.07, 6.45) is 2.76. The lowest BCUT2D eigenvalue weighted by Gasteiger charge is -2.09. The van der Waals surface area contributed by atoms with Crippen molar-refractivity contribution < 1.29 is 9.47 Å². The molecule has 3 rings (SSSR count). The Hall–Kier alpha value is -2.01. The molecule has 5 nitrogen and oxygen atoms in total. The van der Waals surface area contributed by atoms with Gasteiger partial charge in [-0.3, -0.25) is 5.10 Å². The third-order valence-electron chi connectivity index (χ3n) is 3.12. The molecule has 0 aliphatic carbocycles. The lowest BCUT2D eigenvalue weighted by Crippen LogP contribution is -2.05. The third kappa shape index (κ3) is 2.42. The molecule has 2 aromatic rings. The summed E-state index contributed by atoms with van der Waals surface area (Å²) < 4.78 is 11.3. The molecule has 19 heavy (non-hydrogen) atoms. The third-order valence-corrected chi connectivity index (χ3v) is 3.12. The number of aromatic amines is 1. The summed E-state index contributed by atoms with van der Waals surface area (Å²) in [5.74, 6) is 1.62. The van der Waals surface area contributed by atoms with Crippen LogP contribution >= 0.6 is 0 Å². The Labute approximate surface area is 111 Å². The highest BCUT2D eigenvalue weighted by Crippen LogP contribution is 2.34. The Morgan fingerprint density at radius 1 is 1.26 bits per heavy atom. The van der Waals surface area contributed by atoms with Gasteiger partial charge >= 0.3 is 0 Å². The van der Waals surface area contributed by atoms with Gasteiger partial charge in [0.15, 0.2) is 11.5 Å². The van der Waals surface area contributed by atoms with E-state index in [9.17, 15) is 0 Å². The Morgan fingerprint density at radius 2 is 2.11 bits per heavy atom. The van der Waals surface area contributed by atoms with Crippen molar-refractivity contribution in [1.29, 1.82) is 0 Å². The van der Waals surface area contributed by atoms with Gasteiger partial charge < -0.3 is 14.8 Å². The summed E-state index contributed by atoms with van der Waals surface area (Å²) in [5, 5.41) is 10.3. The van der Waals surface area contributed by atoms with Crippen LogP contribution in [-0.4, -0.2) is 30.5 Å². The van der Waals surface area contributed by atoms with E-state index in [0.29, 0.717) is 13.2 Å². The van der Waals surface area contributed by atoms with E-state index in [4.69, 9.17) is 9.47 Å². The van der Waals surface area contributed by atoms with Crippen molar-refractivity contribution in [2.45, 2.75) is 13.0 Å². The second-order valence-electron chi connectivity index (χ2n) is 4.51. The fraction of sp³-hybridized carbons (Fsp3) is 0.357. The van der Waals surface area contributed by atoms with Crippen molar-refractivity contribution in [1.82, 2.24) is 15.5 Å². The SMILES string of the molecule is CNCc1cn[nH]c1-c1ccc2c(c1)OCCCO2. The molecule has 0 atom stereocenters. The minimum atomic E-state index is 0.697. The maximum Gasteiger partial charge on any atom is 0.161 e. The van der Waals surface area contributed by atoms with Crippen LogP contribution in [0.25, 0.3) is 11.3 Å². The van der Waals surface area contributed by atoms with E-state index < -0.39 is 0 Å². The quantitative estimate of drug-likeness (QED) is 0.884. The van der Waals surface area contributed by atoms with E-state index in [0.717, 1.165) is 41.3 Å². The fourth-order valence-corrected chi connectivity index (χ4v) is 2.20. The van der Waals surface area contributed by atoms with E-state index in [1.807, 2.05) is 31.4 Å². The highest BCUT2D eigenvalue weighted by atomic mass is 16.5. The van der Waals surface area contributed by atoms with Gasteiger partial charge in [-0.1, -0.05) is 0 Å². The van der Waals surface area contributed by atoms with Crippen LogP contribution in [0.1, 0.15) is 12.0 Å². The van der Waals surface area contributed by atoms with E-state index in [-0.39, 0.29) is 0 Å². The van der Waals surface area contributed by atoms with Gasteiger partial charge in [-0.15, -0.1) is 0 Å². The van der Waals surface area contributed by atoms with Gasteiger partial charge in [-0.2, -0.15) is 5.10 Å². The number of fused-ring (bicyclic) bond motifs is 1. The molecular weight excluding hydrogens is 242 g/mol. The summed E-state index contributed by atoms with van der Waals surface area (Å²) in [4.78, 5) is 0. The summed E-state index contributed by atoms with van der Waals surface area (Å²) in [6.45, 7) is 2.19. The molecule has 0 saturated carbocycles. The van der Waals surface area contributed by atoms with Crippen molar-refractivity contribution in [3.05, 3.63) is 30.0 Å². The van der Waals surface area contributed by atoms with Crippen LogP contribution < -0.4 is 14.8 Å². The lowest BCUT2D eigenvalue weighted by atomic mass is 10.1. The summed E-state index contributed by atoms with van der Waals surface area (Å²) in [7, 11) is 1.92. The highest BCUT2D eigenvalue weighted by Gasteiger charge is 2.13. The molecule has 0 bridgehead atoms. The van der Waals surface area contributed by atoms with Crippen LogP contribution in [0.15, 0.2) is 24.4 Å². The molecule has 1 aromatic carbocycles. The van der Waals surface area contributed by atoms with Crippen LogP contribution in [0.5, 0.6) is 11.5 Å². The molecular formula is C14H17N3O2. The minimum absolute atomic E-state index is 0.697. The average molecular weight is 259 g/mol. The molecule has 0 amide bonds. The number of benzene rings is 1. The molecule has 0 fully saturated rings. The zero-order valence-electron chi connectivity index (χ0n) is 10.9. The van der Waals surface area contributed by atoms with Crippen molar-refractivity contribution in [2.24, 2.45) is 0 Å². The largest absolute Gasteiger partial charge is 0.490 e. The molecule has 1 aliphatic heterocycles. The minimum Gasteiger partial charge on any atom is -0.490 e. The Kier molecular flexibility index (Phi) is 3.37. The standard InChI is InChI=1S/C14H17N3O2/c1-15-8-11-9-16-17-14(11)10-3-4-12-13(7-10)19-6-2-5-18-12/h3-4,7,9,15H,2,5-6,8H2,1H3,(H,16,17). The first-order chi connectivity index (χ1) is 9.38. The molecule has 5 heteroatoms. The fourth-order valence-electron chi connectivity index (χ4n) is 2.20. The van der Waals surface area contributed by atoms with Gasteiger partial charge in [-0.05, 0) is 25.2 Å². The van der Waals surface area contributed by atoms with Gasteiger partial charge in [0.25, 0.3) is 0 Å². The topological polar surface area (TPSA) is 59.2 Å². The van der Waals surface area contributed by atoms with Gasteiger partial charge in [0, 0.05) is 24.1 Å². The van der Waals surface area contributed by atoms with E-state index in [2.05, 4.69) is 15.5 Å². The monoisotopic (exact) mass is 259 g/mol. The predicted molar refractivity (Wildman–Crippen MR) is 72.4 cm³/mol. The lowest BCUT2D eigenvalue weighted by molar-refractivity contribution is 0.297. The Morgan fingerprint density at radius 3 is 2.95 bits per heavy atom. The van der Waals surface area contributed by atoms with Crippen LogP contribution in [0, 0.1) is 0 Å². The van der Waals surface area contributed by atoms with Gasteiger partial charge in [-0.25, -0.2) is 0 Å². The molecule has 0 spiro atoms. The van der Waals surface area contributed by atoms with Crippen LogP contribution in [-0.2, 0) is 6.54 Å². The number of nitrogens with one attached hydrogen (secondary N) is 2. The molecule has 2 N–H and O–H groups in total. The normalized spacial score (nSPS) is 14.2. The zero-order chi connectivity index (χ0) is 13.1. The Bertz CT molecular complexity index is 566. The molecule has 1 aliphatic rings. The molecule has 2 heterocycles. The van der Waals surface area contributed by atoms with Gasteiger partial charge in [0.1, 0.15) is 0 Å². The van der Waals surface area contributed by atoms with E-state index in [1.165, 1.54) is 0 Å². The van der Waals surface area contributed by atoms with E-state index in [1.54, 1.807) is 0 Å². The van der Waals surface area contributed by atoms with Gasteiger partial charge in [0.2, 0.25) is 0 Å². The van der Waals surface area contributed by atoms with Crippen LogP contribution in [0.4, 0.5) is 0 Å². The number of hydrogen-bond acceptors (Lipinski definition) is 4. The summed E-state index contributed by atoms with van der Waals surface area (Å²) in [5.41, 5.74) is 3.22.